The summed E-state index contributed by atoms with van der Waals surface area (Å²) in [4.78, 5) is 4.80. The van der Waals surface area contributed by atoms with Crippen LogP contribution in [0, 0.1) is 0 Å². The van der Waals surface area contributed by atoms with E-state index in [1.54, 1.807) is 0 Å². The monoisotopic (exact) mass is 256 g/mol. The first-order valence-electron chi connectivity index (χ1n) is 6.87. The molecule has 4 nitrogen and oxygen atoms in total. The fourth-order valence-corrected chi connectivity index (χ4v) is 3.26. The summed E-state index contributed by atoms with van der Waals surface area (Å²) >= 11 is 0. The highest BCUT2D eigenvalue weighted by Gasteiger charge is 2.37. The van der Waals surface area contributed by atoms with E-state index in [4.69, 9.17) is 9.72 Å². The Morgan fingerprint density at radius 2 is 2.00 bits per heavy atom. The van der Waals surface area contributed by atoms with Crippen molar-refractivity contribution in [2.24, 2.45) is 0 Å². The van der Waals surface area contributed by atoms with Crippen LogP contribution in [-0.4, -0.2) is 40.3 Å². The largest absolute Gasteiger partial charge is 0.370 e. The number of para-hydroxylation sites is 2. The Balaban J connectivity index is 1.87. The van der Waals surface area contributed by atoms with Crippen molar-refractivity contribution in [1.82, 2.24) is 9.55 Å². The molecular weight excluding hydrogens is 238 g/mol. The van der Waals surface area contributed by atoms with Crippen LogP contribution >= 0.6 is 0 Å². The van der Waals surface area contributed by atoms with Gasteiger partial charge in [-0.15, -0.1) is 0 Å². The molecule has 0 atom stereocenters. The van der Waals surface area contributed by atoms with Gasteiger partial charge in [0.1, 0.15) is 25.3 Å². The van der Waals surface area contributed by atoms with Crippen LogP contribution in [0.4, 0.5) is 0 Å². The van der Waals surface area contributed by atoms with Crippen molar-refractivity contribution in [3.8, 4) is 0 Å². The second-order valence-corrected chi connectivity index (χ2v) is 5.52. The first kappa shape index (κ1) is 11.2. The highest BCUT2D eigenvalue weighted by atomic mass is 16.5. The first-order valence-corrected chi connectivity index (χ1v) is 6.87. The third-order valence-corrected chi connectivity index (χ3v) is 4.50. The van der Waals surface area contributed by atoms with Crippen LogP contribution in [0.25, 0.3) is 17.2 Å². The Hall–Kier alpha value is -1.65. The molecular formula is C15H18N3O+. The first-order chi connectivity index (χ1) is 9.28. The number of allylic oxidation sites excluding steroid dienone is 1. The van der Waals surface area contributed by atoms with E-state index in [2.05, 4.69) is 42.0 Å². The fourth-order valence-electron chi connectivity index (χ4n) is 3.26. The lowest BCUT2D eigenvalue weighted by molar-refractivity contribution is -0.913. The Morgan fingerprint density at radius 3 is 2.84 bits per heavy atom. The van der Waals surface area contributed by atoms with Gasteiger partial charge in [0, 0.05) is 6.92 Å². The molecule has 0 radical (unpaired) electrons. The molecule has 2 aliphatic heterocycles. The second-order valence-electron chi connectivity index (χ2n) is 5.52. The van der Waals surface area contributed by atoms with Crippen LogP contribution in [0.3, 0.4) is 0 Å². The average molecular weight is 256 g/mol. The summed E-state index contributed by atoms with van der Waals surface area (Å²) in [6.07, 6.45) is 2.26. The number of hydrogen-bond donors (Lipinski definition) is 0. The van der Waals surface area contributed by atoms with Crippen molar-refractivity contribution in [2.75, 3.05) is 26.3 Å². The van der Waals surface area contributed by atoms with Crippen LogP contribution in [0.5, 0.6) is 0 Å². The number of fused-ring (bicyclic) bond motifs is 3. The maximum absolute atomic E-state index is 5.52. The Bertz CT molecular complexity index is 665. The third-order valence-electron chi connectivity index (χ3n) is 4.50. The van der Waals surface area contributed by atoms with Crippen LogP contribution in [0.2, 0.25) is 0 Å². The van der Waals surface area contributed by atoms with Gasteiger partial charge in [-0.3, -0.25) is 9.05 Å². The van der Waals surface area contributed by atoms with E-state index >= 15 is 0 Å². The van der Waals surface area contributed by atoms with Gasteiger partial charge in [0.05, 0.1) is 30.4 Å². The van der Waals surface area contributed by atoms with Gasteiger partial charge < -0.3 is 4.74 Å². The zero-order valence-electron chi connectivity index (χ0n) is 11.2. The highest BCUT2D eigenvalue weighted by Crippen LogP contribution is 2.31. The SMILES string of the molecule is CC1=Cn2c(nc3ccccc32)C[N+]12CCOCC2. The van der Waals surface area contributed by atoms with E-state index in [1.807, 2.05) is 0 Å². The Labute approximate surface area is 112 Å². The topological polar surface area (TPSA) is 27.1 Å². The number of nitrogens with zero attached hydrogens (tertiary/aromatic N) is 3. The minimum Gasteiger partial charge on any atom is -0.370 e. The zero-order valence-corrected chi connectivity index (χ0v) is 11.2. The minimum absolute atomic E-state index is 0.853. The van der Waals surface area contributed by atoms with Gasteiger partial charge in [0.2, 0.25) is 0 Å². The van der Waals surface area contributed by atoms with Crippen molar-refractivity contribution < 1.29 is 9.22 Å². The Kier molecular flexibility index (Phi) is 2.31. The molecule has 3 heterocycles. The molecule has 19 heavy (non-hydrogen) atoms. The van der Waals surface area contributed by atoms with Gasteiger partial charge in [-0.25, -0.2) is 4.98 Å². The minimum atomic E-state index is 0.853. The van der Waals surface area contributed by atoms with Crippen molar-refractivity contribution in [3.05, 3.63) is 35.8 Å². The van der Waals surface area contributed by atoms with Gasteiger partial charge in [0.25, 0.3) is 0 Å². The van der Waals surface area contributed by atoms with Crippen LogP contribution < -0.4 is 0 Å². The van der Waals surface area contributed by atoms with Gasteiger partial charge in [-0.2, -0.15) is 0 Å². The Morgan fingerprint density at radius 1 is 1.21 bits per heavy atom. The molecule has 0 N–H and O–H groups in total. The standard InChI is InChI=1S/C15H18N3O/c1-12-10-17-14-5-3-2-4-13(14)16-15(17)11-18(12)6-8-19-9-7-18/h2-5,10H,6-9,11H2,1H3/q+1. The average Bonchev–Trinajstić information content (AvgIpc) is 2.78. The molecule has 2 aliphatic rings. The van der Waals surface area contributed by atoms with Gasteiger partial charge in [0.15, 0.2) is 5.82 Å². The van der Waals surface area contributed by atoms with Gasteiger partial charge in [-0.1, -0.05) is 12.1 Å². The number of imidazole rings is 1. The molecule has 0 bridgehead atoms. The van der Waals surface area contributed by atoms with E-state index in [-0.39, 0.29) is 0 Å². The van der Waals surface area contributed by atoms with Crippen molar-refractivity contribution in [1.29, 1.82) is 0 Å². The van der Waals surface area contributed by atoms with E-state index in [0.717, 1.165) is 42.8 Å². The molecule has 0 unspecified atom stereocenters. The van der Waals surface area contributed by atoms with E-state index in [9.17, 15) is 0 Å². The predicted molar refractivity (Wildman–Crippen MR) is 74.2 cm³/mol. The summed E-state index contributed by atoms with van der Waals surface area (Å²) in [6, 6.07) is 8.36. The summed E-state index contributed by atoms with van der Waals surface area (Å²) in [7, 11) is 0. The quantitative estimate of drug-likeness (QED) is 0.676. The van der Waals surface area contributed by atoms with Gasteiger partial charge >= 0.3 is 0 Å². The number of quaternary nitrogens is 1. The molecule has 4 heteroatoms. The normalized spacial score (nSPS) is 21.4. The lowest BCUT2D eigenvalue weighted by Gasteiger charge is -2.42. The van der Waals surface area contributed by atoms with Crippen LogP contribution in [0.15, 0.2) is 30.0 Å². The number of rotatable bonds is 0. The number of ether oxygens (including phenoxy) is 1. The number of aromatic nitrogens is 2. The highest BCUT2D eigenvalue weighted by molar-refractivity contribution is 5.78. The summed E-state index contributed by atoms with van der Waals surface area (Å²) in [5.74, 6) is 1.17. The number of hydrogen-bond acceptors (Lipinski definition) is 2. The van der Waals surface area contributed by atoms with Crippen molar-refractivity contribution >= 4 is 17.2 Å². The molecule has 0 aliphatic carbocycles. The molecule has 2 aromatic rings. The van der Waals surface area contributed by atoms with E-state index in [0.29, 0.717) is 0 Å². The zero-order chi connectivity index (χ0) is 12.9. The fraction of sp³-hybridized carbons (Fsp3) is 0.400. The molecule has 98 valence electrons. The second kappa shape index (κ2) is 3.92. The third kappa shape index (κ3) is 1.57. The molecule has 1 fully saturated rings. The molecule has 0 saturated carbocycles. The molecule has 1 aromatic heterocycles. The summed E-state index contributed by atoms with van der Waals surface area (Å²) in [5, 5.41) is 0. The number of morpholine rings is 1. The lowest BCUT2D eigenvalue weighted by Crippen LogP contribution is -2.54. The smallest absolute Gasteiger partial charge is 0.170 e. The van der Waals surface area contributed by atoms with E-state index < -0.39 is 0 Å². The lowest BCUT2D eigenvalue weighted by atomic mass is 10.2. The van der Waals surface area contributed by atoms with Crippen LogP contribution in [0.1, 0.15) is 12.7 Å². The molecule has 1 saturated heterocycles. The summed E-state index contributed by atoms with van der Waals surface area (Å²) < 4.78 is 8.79. The maximum atomic E-state index is 5.52. The van der Waals surface area contributed by atoms with Crippen molar-refractivity contribution in [2.45, 2.75) is 13.5 Å². The van der Waals surface area contributed by atoms with Gasteiger partial charge in [-0.05, 0) is 12.1 Å². The maximum Gasteiger partial charge on any atom is 0.170 e. The van der Waals surface area contributed by atoms with Crippen LogP contribution in [-0.2, 0) is 11.3 Å². The van der Waals surface area contributed by atoms with E-state index in [1.165, 1.54) is 17.0 Å². The summed E-state index contributed by atoms with van der Waals surface area (Å²) in [5.41, 5.74) is 3.72. The molecule has 1 spiro atoms. The molecule has 0 amide bonds. The summed E-state index contributed by atoms with van der Waals surface area (Å²) in [6.45, 7) is 7.05. The molecule has 4 rings (SSSR count). The predicted octanol–water partition coefficient (Wildman–Crippen LogP) is 2.22. The van der Waals surface area contributed by atoms with Crippen molar-refractivity contribution in [3.63, 3.8) is 0 Å². The number of benzene rings is 1. The molecule has 1 aromatic carbocycles.